The number of rotatable bonds is 9. The Balaban J connectivity index is 1.70. The number of aromatic amines is 1. The number of hydrogen-bond acceptors (Lipinski definition) is 7. The number of nitrogens with zero attached hydrogens (tertiary/aromatic N) is 5. The van der Waals surface area contributed by atoms with Gasteiger partial charge in [0.1, 0.15) is 11.5 Å². The first-order valence-electron chi connectivity index (χ1n) is 13.5. The van der Waals surface area contributed by atoms with E-state index in [0.29, 0.717) is 28.9 Å². The average molecular weight is 539 g/mol. The summed E-state index contributed by atoms with van der Waals surface area (Å²) in [6.45, 7) is 7.26. The molecule has 1 saturated carbocycles. The number of halogens is 1. The predicted molar refractivity (Wildman–Crippen MR) is 147 cm³/mol. The van der Waals surface area contributed by atoms with Crippen LogP contribution in [-0.2, 0) is 4.74 Å². The average Bonchev–Trinajstić information content (AvgIpc) is 3.52. The Bertz CT molecular complexity index is 1450. The van der Waals surface area contributed by atoms with E-state index in [0.717, 1.165) is 28.3 Å². The fourth-order valence-corrected chi connectivity index (χ4v) is 6.18. The molecule has 0 radical (unpaired) electrons. The van der Waals surface area contributed by atoms with Crippen LogP contribution in [0.4, 0.5) is 0 Å². The minimum Gasteiger partial charge on any atom is -0.384 e. The smallest absolute Gasteiger partial charge is 0.384 e. The zero-order valence-electron chi connectivity index (χ0n) is 22.4. The SMILES string of the molecule is CCCC1CCC(C(C)n2c(C(C)COC)nc3cc(-c4noc(=O)[nH]4)nc(-c4cncc(Cl)c4)c32)CC1. The summed E-state index contributed by atoms with van der Waals surface area (Å²) in [7, 11) is 1.71. The van der Waals surface area contributed by atoms with Crippen LogP contribution in [0.3, 0.4) is 0 Å². The third-order valence-corrected chi connectivity index (χ3v) is 8.10. The first kappa shape index (κ1) is 26.6. The van der Waals surface area contributed by atoms with Crippen LogP contribution < -0.4 is 5.76 Å². The number of H-pyrrole nitrogens is 1. The van der Waals surface area contributed by atoms with E-state index in [1.54, 1.807) is 19.5 Å². The second kappa shape index (κ2) is 11.4. The molecule has 0 aromatic carbocycles. The molecular weight excluding hydrogens is 504 g/mol. The topological polar surface area (TPSA) is 112 Å². The molecule has 0 aliphatic heterocycles. The summed E-state index contributed by atoms with van der Waals surface area (Å²) >= 11 is 6.36. The van der Waals surface area contributed by atoms with Gasteiger partial charge in [0.2, 0.25) is 5.82 Å². The summed E-state index contributed by atoms with van der Waals surface area (Å²) in [5.41, 5.74) is 3.59. The summed E-state index contributed by atoms with van der Waals surface area (Å²) < 4.78 is 12.7. The van der Waals surface area contributed by atoms with E-state index in [-0.39, 0.29) is 17.8 Å². The Morgan fingerprint density at radius 1 is 1.18 bits per heavy atom. The zero-order valence-corrected chi connectivity index (χ0v) is 23.2. The molecule has 1 N–H and O–H groups in total. The number of ether oxygens (including phenoxy) is 1. The number of methoxy groups -OCH3 is 1. The molecule has 1 aliphatic carbocycles. The van der Waals surface area contributed by atoms with Gasteiger partial charge in [0.05, 0.1) is 28.4 Å². The van der Waals surface area contributed by atoms with E-state index in [4.69, 9.17) is 30.8 Å². The summed E-state index contributed by atoms with van der Waals surface area (Å²) in [6.07, 6.45) is 10.8. The van der Waals surface area contributed by atoms with Crippen LogP contribution in [0.1, 0.15) is 77.1 Å². The summed E-state index contributed by atoms with van der Waals surface area (Å²) in [5, 5.41) is 4.38. The lowest BCUT2D eigenvalue weighted by molar-refractivity contribution is 0.174. The van der Waals surface area contributed by atoms with E-state index in [1.165, 1.54) is 38.5 Å². The van der Waals surface area contributed by atoms with Gasteiger partial charge in [-0.05, 0) is 43.7 Å². The molecule has 2 unspecified atom stereocenters. The van der Waals surface area contributed by atoms with Crippen LogP contribution in [0.25, 0.3) is 33.8 Å². The van der Waals surface area contributed by atoms with Crippen molar-refractivity contribution in [2.75, 3.05) is 13.7 Å². The zero-order chi connectivity index (χ0) is 26.8. The predicted octanol–water partition coefficient (Wildman–Crippen LogP) is 6.41. The molecular formula is C28H35ClN6O3. The van der Waals surface area contributed by atoms with Crippen molar-refractivity contribution in [3.05, 3.63) is 45.9 Å². The van der Waals surface area contributed by atoms with Crippen LogP contribution in [0.15, 0.2) is 33.8 Å². The quantitative estimate of drug-likeness (QED) is 0.262. The van der Waals surface area contributed by atoms with Crippen molar-refractivity contribution < 1.29 is 9.26 Å². The standard InChI is InChI=1S/C28H35ClN6O3/c1-5-6-18-7-9-19(10-8-18)17(3)35-25-22(32-27(35)16(2)15-37-4)12-23(26-33-28(36)38-34-26)31-24(25)20-11-21(29)14-30-13-20/h11-14,16-19H,5-10,15H2,1-4H3,(H,33,34,36). The fraction of sp³-hybridized carbons (Fsp3) is 0.536. The normalized spacial score (nSPS) is 19.6. The van der Waals surface area contributed by atoms with Gasteiger partial charge in [-0.2, -0.15) is 0 Å². The highest BCUT2D eigenvalue weighted by atomic mass is 35.5. The lowest BCUT2D eigenvalue weighted by Gasteiger charge is -2.34. The van der Waals surface area contributed by atoms with Crippen molar-refractivity contribution in [1.82, 2.24) is 29.7 Å². The second-order valence-electron chi connectivity index (χ2n) is 10.6. The van der Waals surface area contributed by atoms with Gasteiger partial charge in [-0.3, -0.25) is 14.5 Å². The molecule has 0 amide bonds. The molecule has 4 aromatic rings. The third kappa shape index (κ3) is 5.27. The maximum Gasteiger partial charge on any atom is 0.439 e. The first-order chi connectivity index (χ1) is 18.4. The van der Waals surface area contributed by atoms with Crippen LogP contribution in [0, 0.1) is 11.8 Å². The minimum absolute atomic E-state index is 0.0620. The molecule has 38 heavy (non-hydrogen) atoms. The molecule has 0 spiro atoms. The van der Waals surface area contributed by atoms with Crippen LogP contribution in [0.5, 0.6) is 0 Å². The van der Waals surface area contributed by atoms with Gasteiger partial charge in [0, 0.05) is 37.0 Å². The van der Waals surface area contributed by atoms with Gasteiger partial charge in [0.25, 0.3) is 0 Å². The first-order valence-corrected chi connectivity index (χ1v) is 13.9. The summed E-state index contributed by atoms with van der Waals surface area (Å²) in [6, 6.07) is 3.92. The Kier molecular flexibility index (Phi) is 7.95. The lowest BCUT2D eigenvalue weighted by Crippen LogP contribution is -2.25. The summed E-state index contributed by atoms with van der Waals surface area (Å²) in [4.78, 5) is 28.7. The molecule has 5 rings (SSSR count). The number of aromatic nitrogens is 6. The van der Waals surface area contributed by atoms with Crippen LogP contribution in [0.2, 0.25) is 5.02 Å². The molecule has 4 heterocycles. The maximum absolute atomic E-state index is 11.7. The molecule has 202 valence electrons. The number of nitrogens with one attached hydrogen (secondary N) is 1. The Hall–Kier alpha value is -3.04. The maximum atomic E-state index is 11.7. The molecule has 4 aromatic heterocycles. The van der Waals surface area contributed by atoms with E-state index in [1.807, 2.05) is 12.1 Å². The number of fused-ring (bicyclic) bond motifs is 1. The number of imidazole rings is 1. The third-order valence-electron chi connectivity index (χ3n) is 7.89. The Morgan fingerprint density at radius 2 is 1.97 bits per heavy atom. The highest BCUT2D eigenvalue weighted by Gasteiger charge is 2.31. The van der Waals surface area contributed by atoms with Crippen molar-refractivity contribution in [3.8, 4) is 22.8 Å². The van der Waals surface area contributed by atoms with Crippen molar-refractivity contribution in [2.45, 2.75) is 71.3 Å². The van der Waals surface area contributed by atoms with Gasteiger partial charge in [-0.1, -0.05) is 56.3 Å². The summed E-state index contributed by atoms with van der Waals surface area (Å²) in [5.74, 6) is 1.99. The number of hydrogen-bond donors (Lipinski definition) is 1. The molecule has 10 heteroatoms. The highest BCUT2D eigenvalue weighted by Crippen LogP contribution is 2.42. The lowest BCUT2D eigenvalue weighted by atomic mass is 9.77. The van der Waals surface area contributed by atoms with Gasteiger partial charge in [0.15, 0.2) is 0 Å². The van der Waals surface area contributed by atoms with E-state index in [2.05, 4.69) is 40.5 Å². The molecule has 0 bridgehead atoms. The van der Waals surface area contributed by atoms with Crippen molar-refractivity contribution >= 4 is 22.6 Å². The van der Waals surface area contributed by atoms with Crippen LogP contribution >= 0.6 is 11.6 Å². The second-order valence-corrected chi connectivity index (χ2v) is 11.0. The number of pyridine rings is 2. The van der Waals surface area contributed by atoms with Gasteiger partial charge >= 0.3 is 5.76 Å². The van der Waals surface area contributed by atoms with Crippen molar-refractivity contribution in [3.63, 3.8) is 0 Å². The van der Waals surface area contributed by atoms with Gasteiger partial charge < -0.3 is 9.30 Å². The van der Waals surface area contributed by atoms with Crippen molar-refractivity contribution in [1.29, 1.82) is 0 Å². The van der Waals surface area contributed by atoms with Gasteiger partial charge in [-0.15, -0.1) is 0 Å². The Labute approximate surface area is 227 Å². The van der Waals surface area contributed by atoms with E-state index < -0.39 is 5.76 Å². The largest absolute Gasteiger partial charge is 0.439 e. The molecule has 9 nitrogen and oxygen atoms in total. The van der Waals surface area contributed by atoms with E-state index in [9.17, 15) is 4.79 Å². The van der Waals surface area contributed by atoms with Crippen molar-refractivity contribution in [2.24, 2.45) is 11.8 Å². The fourth-order valence-electron chi connectivity index (χ4n) is 6.01. The monoisotopic (exact) mass is 538 g/mol. The van der Waals surface area contributed by atoms with E-state index >= 15 is 0 Å². The molecule has 2 atom stereocenters. The van der Waals surface area contributed by atoms with Gasteiger partial charge in [-0.25, -0.2) is 14.8 Å². The molecule has 0 saturated heterocycles. The highest BCUT2D eigenvalue weighted by molar-refractivity contribution is 6.30. The minimum atomic E-state index is -0.639. The molecule has 1 aliphatic rings. The molecule has 1 fully saturated rings. The van der Waals surface area contributed by atoms with Crippen LogP contribution in [-0.4, -0.2) is 43.4 Å². The Morgan fingerprint density at radius 3 is 2.63 bits per heavy atom.